The van der Waals surface area contributed by atoms with Crippen LogP contribution in [0.5, 0.6) is 0 Å². The van der Waals surface area contributed by atoms with Crippen molar-refractivity contribution in [3.8, 4) is 0 Å². The average Bonchev–Trinajstić information content (AvgIpc) is 2.99. The lowest BCUT2D eigenvalue weighted by atomic mass is 9.96. The van der Waals surface area contributed by atoms with Crippen molar-refractivity contribution >= 4 is 33.9 Å². The SMILES string of the molecule is CC(C)C(CNc1c(Nc2c[nH]c3ccccc23)c(=O)c1=O)C(=O)O. The first kappa shape index (κ1) is 16.8. The maximum absolute atomic E-state index is 11.9. The average molecular weight is 341 g/mol. The van der Waals surface area contributed by atoms with Crippen LogP contribution >= 0.6 is 0 Å². The van der Waals surface area contributed by atoms with Crippen molar-refractivity contribution in [1.82, 2.24) is 4.98 Å². The number of H-pyrrole nitrogens is 1. The second-order valence-corrected chi connectivity index (χ2v) is 6.35. The first-order chi connectivity index (χ1) is 11.9. The van der Waals surface area contributed by atoms with E-state index in [9.17, 15) is 19.5 Å². The molecule has 0 aliphatic heterocycles. The summed E-state index contributed by atoms with van der Waals surface area (Å²) in [4.78, 5) is 38.1. The maximum Gasteiger partial charge on any atom is 0.308 e. The summed E-state index contributed by atoms with van der Waals surface area (Å²) < 4.78 is 0. The number of aliphatic carboxylic acids is 1. The number of carboxylic acid groups (broad SMARTS) is 1. The first-order valence-corrected chi connectivity index (χ1v) is 8.03. The molecule has 2 aromatic carbocycles. The molecule has 1 unspecified atom stereocenters. The molecular weight excluding hydrogens is 322 g/mol. The molecule has 0 aliphatic carbocycles. The van der Waals surface area contributed by atoms with Crippen molar-refractivity contribution in [3.05, 3.63) is 50.9 Å². The Morgan fingerprint density at radius 1 is 1.16 bits per heavy atom. The Hall–Kier alpha value is -3.09. The summed E-state index contributed by atoms with van der Waals surface area (Å²) >= 11 is 0. The van der Waals surface area contributed by atoms with E-state index in [0.717, 1.165) is 10.9 Å². The van der Waals surface area contributed by atoms with Gasteiger partial charge < -0.3 is 20.7 Å². The molecule has 1 aromatic heterocycles. The van der Waals surface area contributed by atoms with E-state index < -0.39 is 22.7 Å². The molecule has 25 heavy (non-hydrogen) atoms. The maximum atomic E-state index is 11.9. The monoisotopic (exact) mass is 341 g/mol. The van der Waals surface area contributed by atoms with Gasteiger partial charge in [-0.2, -0.15) is 0 Å². The zero-order valence-electron chi connectivity index (χ0n) is 13.9. The van der Waals surface area contributed by atoms with Crippen molar-refractivity contribution in [2.45, 2.75) is 13.8 Å². The van der Waals surface area contributed by atoms with Gasteiger partial charge in [0.1, 0.15) is 11.4 Å². The van der Waals surface area contributed by atoms with Crippen LogP contribution in [0.25, 0.3) is 10.9 Å². The van der Waals surface area contributed by atoms with Gasteiger partial charge in [0, 0.05) is 23.6 Å². The number of para-hydroxylation sites is 1. The molecule has 130 valence electrons. The Morgan fingerprint density at radius 3 is 2.52 bits per heavy atom. The highest BCUT2D eigenvalue weighted by Gasteiger charge is 2.26. The van der Waals surface area contributed by atoms with Crippen LogP contribution in [-0.2, 0) is 4.79 Å². The van der Waals surface area contributed by atoms with Crippen molar-refractivity contribution in [2.24, 2.45) is 11.8 Å². The second-order valence-electron chi connectivity index (χ2n) is 6.35. The molecule has 0 saturated heterocycles. The third kappa shape index (κ3) is 3.00. The van der Waals surface area contributed by atoms with Crippen LogP contribution in [-0.4, -0.2) is 22.6 Å². The van der Waals surface area contributed by atoms with Gasteiger partial charge in [-0.1, -0.05) is 32.0 Å². The summed E-state index contributed by atoms with van der Waals surface area (Å²) in [5.74, 6) is -1.68. The fourth-order valence-electron chi connectivity index (χ4n) is 2.81. The molecule has 3 aromatic rings. The predicted octanol–water partition coefficient (Wildman–Crippen LogP) is 2.28. The van der Waals surface area contributed by atoms with Gasteiger partial charge in [0.05, 0.1) is 11.6 Å². The quantitative estimate of drug-likeness (QED) is 0.491. The van der Waals surface area contributed by atoms with E-state index in [1.54, 1.807) is 20.0 Å². The van der Waals surface area contributed by atoms with E-state index in [1.165, 1.54) is 0 Å². The Morgan fingerprint density at radius 2 is 1.84 bits per heavy atom. The van der Waals surface area contributed by atoms with Gasteiger partial charge in [0.2, 0.25) is 0 Å². The number of carbonyl (C=O) groups is 1. The highest BCUT2D eigenvalue weighted by molar-refractivity contribution is 5.95. The van der Waals surface area contributed by atoms with Crippen molar-refractivity contribution in [2.75, 3.05) is 17.2 Å². The highest BCUT2D eigenvalue weighted by atomic mass is 16.4. The van der Waals surface area contributed by atoms with Gasteiger partial charge in [-0.25, -0.2) is 0 Å². The molecule has 0 amide bonds. The van der Waals surface area contributed by atoms with Gasteiger partial charge in [0.25, 0.3) is 10.9 Å². The summed E-state index contributed by atoms with van der Waals surface area (Å²) in [5.41, 5.74) is 0.664. The zero-order chi connectivity index (χ0) is 18.1. The standard InChI is InChI=1S/C18H19N3O4/c1-9(2)11(18(24)25)7-20-14-15(17(23)16(14)22)21-13-8-19-12-6-4-3-5-10(12)13/h3-6,8-9,11,19-21H,7H2,1-2H3,(H,24,25). The number of benzene rings is 1. The Labute approximate surface area is 143 Å². The van der Waals surface area contributed by atoms with E-state index in [4.69, 9.17) is 0 Å². The first-order valence-electron chi connectivity index (χ1n) is 8.03. The fraction of sp³-hybridized carbons (Fsp3) is 0.278. The van der Waals surface area contributed by atoms with Crippen molar-refractivity contribution < 1.29 is 9.90 Å². The van der Waals surface area contributed by atoms with Crippen LogP contribution < -0.4 is 21.5 Å². The molecule has 1 atom stereocenters. The third-order valence-electron chi connectivity index (χ3n) is 4.38. The number of hydrogen-bond acceptors (Lipinski definition) is 5. The number of carboxylic acids is 1. The van der Waals surface area contributed by atoms with Gasteiger partial charge in [-0.3, -0.25) is 14.4 Å². The minimum atomic E-state index is -0.938. The molecule has 4 N–H and O–H groups in total. The molecule has 0 aliphatic rings. The van der Waals surface area contributed by atoms with E-state index in [0.29, 0.717) is 5.69 Å². The largest absolute Gasteiger partial charge is 0.481 e. The van der Waals surface area contributed by atoms with Crippen LogP contribution in [0, 0.1) is 11.8 Å². The highest BCUT2D eigenvalue weighted by Crippen LogP contribution is 2.28. The topological polar surface area (TPSA) is 111 Å². The minimum absolute atomic E-state index is 0.0837. The number of rotatable bonds is 7. The molecule has 0 radical (unpaired) electrons. The van der Waals surface area contributed by atoms with Gasteiger partial charge in [0.15, 0.2) is 0 Å². The van der Waals surface area contributed by atoms with E-state index in [1.807, 2.05) is 24.3 Å². The summed E-state index contributed by atoms with van der Waals surface area (Å²) in [5, 5.41) is 15.9. The number of fused-ring (bicyclic) bond motifs is 1. The fourth-order valence-corrected chi connectivity index (χ4v) is 2.81. The smallest absolute Gasteiger partial charge is 0.308 e. The van der Waals surface area contributed by atoms with Crippen molar-refractivity contribution in [1.29, 1.82) is 0 Å². The molecule has 7 heteroatoms. The molecule has 0 bridgehead atoms. The van der Waals surface area contributed by atoms with Gasteiger partial charge in [-0.15, -0.1) is 0 Å². The Kier molecular flexibility index (Phi) is 4.31. The second kappa shape index (κ2) is 6.43. The molecule has 0 saturated carbocycles. The lowest BCUT2D eigenvalue weighted by Crippen LogP contribution is -2.38. The Balaban J connectivity index is 1.82. The molecule has 1 heterocycles. The summed E-state index contributed by atoms with van der Waals surface area (Å²) in [6, 6.07) is 7.57. The van der Waals surface area contributed by atoms with Gasteiger partial charge >= 0.3 is 5.97 Å². The molecule has 0 spiro atoms. The number of anilines is 3. The number of hydrogen-bond donors (Lipinski definition) is 4. The van der Waals surface area contributed by atoms with Crippen LogP contribution in [0.4, 0.5) is 17.1 Å². The van der Waals surface area contributed by atoms with Crippen LogP contribution in [0.1, 0.15) is 13.8 Å². The lowest BCUT2D eigenvalue weighted by molar-refractivity contribution is -0.142. The minimum Gasteiger partial charge on any atom is -0.481 e. The number of aromatic nitrogens is 1. The molecule has 7 nitrogen and oxygen atoms in total. The Bertz CT molecular complexity index is 996. The zero-order valence-corrected chi connectivity index (χ0v) is 13.9. The summed E-state index contributed by atoms with van der Waals surface area (Å²) in [6.45, 7) is 3.68. The third-order valence-corrected chi connectivity index (χ3v) is 4.38. The lowest BCUT2D eigenvalue weighted by Gasteiger charge is -2.19. The molecule has 0 fully saturated rings. The van der Waals surface area contributed by atoms with Crippen LogP contribution in [0.15, 0.2) is 40.1 Å². The van der Waals surface area contributed by atoms with E-state index >= 15 is 0 Å². The molecular formula is C18H19N3O4. The summed E-state index contributed by atoms with van der Waals surface area (Å²) in [6.07, 6.45) is 1.72. The van der Waals surface area contributed by atoms with Crippen LogP contribution in [0.3, 0.4) is 0 Å². The predicted molar refractivity (Wildman–Crippen MR) is 97.4 cm³/mol. The summed E-state index contributed by atoms with van der Waals surface area (Å²) in [7, 11) is 0. The van der Waals surface area contributed by atoms with E-state index in [-0.39, 0.29) is 23.8 Å². The number of aromatic amines is 1. The van der Waals surface area contributed by atoms with Crippen molar-refractivity contribution in [3.63, 3.8) is 0 Å². The molecule has 3 rings (SSSR count). The van der Waals surface area contributed by atoms with E-state index in [2.05, 4.69) is 15.6 Å². The van der Waals surface area contributed by atoms with Gasteiger partial charge in [-0.05, 0) is 12.0 Å². The number of nitrogens with one attached hydrogen (secondary N) is 3. The normalized spacial score (nSPS) is 12.6. The van der Waals surface area contributed by atoms with Crippen LogP contribution in [0.2, 0.25) is 0 Å².